The summed E-state index contributed by atoms with van der Waals surface area (Å²) in [5, 5.41) is 0. The van der Waals surface area contributed by atoms with E-state index in [2.05, 4.69) is 14.5 Å². The number of rotatable bonds is 3. The highest BCUT2D eigenvalue weighted by Gasteiger charge is 2.49. The Labute approximate surface area is 123 Å². The Morgan fingerprint density at radius 3 is 1.77 bits per heavy atom. The fourth-order valence-corrected chi connectivity index (χ4v) is 7.48. The van der Waals surface area contributed by atoms with E-state index in [1.54, 1.807) is 19.6 Å². The summed E-state index contributed by atoms with van der Waals surface area (Å²) in [6.07, 6.45) is -10.6. The van der Waals surface area contributed by atoms with E-state index in [0.29, 0.717) is 0 Å². The number of amidine groups is 2. The van der Waals surface area contributed by atoms with Crippen LogP contribution in [0.15, 0.2) is 14.5 Å². The number of aliphatic imine (C=N–C) groups is 1. The molecule has 0 amide bonds. The second kappa shape index (κ2) is 5.71. The van der Waals surface area contributed by atoms with Crippen molar-refractivity contribution in [3.8, 4) is 0 Å². The number of alkyl halides is 6. The molecule has 0 aromatic rings. The lowest BCUT2D eigenvalue weighted by Crippen LogP contribution is -2.43. The van der Waals surface area contributed by atoms with Crippen LogP contribution in [0.1, 0.15) is 6.92 Å². The molecule has 128 valence electrons. The molecular weight excluding hydrogens is 356 g/mol. The highest BCUT2D eigenvalue weighted by atomic mass is 31.2. The van der Waals surface area contributed by atoms with E-state index in [1.807, 2.05) is 0 Å². The Balaban J connectivity index is 3.61. The number of hydrogen-bond donors (Lipinski definition) is 0. The van der Waals surface area contributed by atoms with Gasteiger partial charge < -0.3 is 0 Å². The predicted molar refractivity (Wildman–Crippen MR) is 73.2 cm³/mol. The molecule has 0 aromatic heterocycles. The average molecular weight is 370 g/mol. The SMILES string of the molecule is CCN([Si](C)(C)C)P1(F)=NC(C(F)(F)F)=NC(C(F)(F)F)=N1. The fraction of sp³-hybridized carbons (Fsp3) is 0.778. The summed E-state index contributed by atoms with van der Waals surface area (Å²) in [6.45, 7) is 6.06. The first-order valence-electron chi connectivity index (χ1n) is 6.04. The molecule has 0 fully saturated rings. The van der Waals surface area contributed by atoms with Crippen LogP contribution in [-0.2, 0) is 0 Å². The van der Waals surface area contributed by atoms with Gasteiger partial charge in [-0.3, -0.25) is 0 Å². The Morgan fingerprint density at radius 1 is 1.00 bits per heavy atom. The molecule has 1 rings (SSSR count). The minimum Gasteiger partial charge on any atom is -0.249 e. The van der Waals surface area contributed by atoms with Gasteiger partial charge in [0.1, 0.15) is 8.24 Å². The molecule has 0 N–H and O–H groups in total. The summed E-state index contributed by atoms with van der Waals surface area (Å²) in [5.74, 6) is -4.27. The third-order valence-electron chi connectivity index (χ3n) is 2.54. The van der Waals surface area contributed by atoms with Crippen LogP contribution in [0.3, 0.4) is 0 Å². The first-order chi connectivity index (χ1) is 9.61. The van der Waals surface area contributed by atoms with Gasteiger partial charge in [-0.1, -0.05) is 26.6 Å². The largest absolute Gasteiger partial charge is 0.451 e. The van der Waals surface area contributed by atoms with Gasteiger partial charge in [0.05, 0.1) is 0 Å². The van der Waals surface area contributed by atoms with Crippen LogP contribution in [0.2, 0.25) is 19.6 Å². The molecule has 0 spiro atoms. The molecule has 1 atom stereocenters. The Morgan fingerprint density at radius 2 is 1.45 bits per heavy atom. The summed E-state index contributed by atoms with van der Waals surface area (Å²) in [7, 11) is -7.47. The summed E-state index contributed by atoms with van der Waals surface area (Å²) >= 11 is 0. The van der Waals surface area contributed by atoms with Crippen molar-refractivity contribution in [2.45, 2.75) is 38.9 Å². The van der Waals surface area contributed by atoms with Crippen molar-refractivity contribution in [3.63, 3.8) is 0 Å². The van der Waals surface area contributed by atoms with Crippen molar-refractivity contribution in [1.82, 2.24) is 4.34 Å². The minimum absolute atomic E-state index is 0.108. The summed E-state index contributed by atoms with van der Waals surface area (Å²) in [4.78, 5) is 2.35. The molecule has 0 saturated carbocycles. The molecule has 1 aliphatic rings. The van der Waals surface area contributed by atoms with Gasteiger partial charge in [-0.05, 0) is 6.54 Å². The maximum atomic E-state index is 14.9. The van der Waals surface area contributed by atoms with Crippen LogP contribution in [0.25, 0.3) is 0 Å². The van der Waals surface area contributed by atoms with Crippen LogP contribution < -0.4 is 0 Å². The van der Waals surface area contributed by atoms with Crippen molar-refractivity contribution < 1.29 is 30.5 Å². The lowest BCUT2D eigenvalue weighted by Gasteiger charge is -2.36. The topological polar surface area (TPSA) is 40.3 Å². The van der Waals surface area contributed by atoms with Crippen molar-refractivity contribution in [3.05, 3.63) is 0 Å². The van der Waals surface area contributed by atoms with E-state index in [-0.39, 0.29) is 6.54 Å². The van der Waals surface area contributed by atoms with Gasteiger partial charge in [-0.15, -0.1) is 0 Å². The van der Waals surface area contributed by atoms with Gasteiger partial charge in [-0.25, -0.2) is 9.33 Å². The minimum atomic E-state index is -5.29. The lowest BCUT2D eigenvalue weighted by molar-refractivity contribution is -0.0634. The Kier molecular flexibility index (Phi) is 5.01. The Hall–Kier alpha value is -0.743. The molecule has 4 nitrogen and oxygen atoms in total. The lowest BCUT2D eigenvalue weighted by atomic mass is 10.5. The molecule has 0 bridgehead atoms. The van der Waals surface area contributed by atoms with Crippen molar-refractivity contribution in [2.75, 3.05) is 6.54 Å². The summed E-state index contributed by atoms with van der Waals surface area (Å²) in [6, 6.07) is 0. The zero-order chi connectivity index (χ0) is 17.6. The van der Waals surface area contributed by atoms with E-state index in [9.17, 15) is 30.5 Å². The normalized spacial score (nSPS) is 24.0. The van der Waals surface area contributed by atoms with Gasteiger partial charge in [0.15, 0.2) is 0 Å². The van der Waals surface area contributed by atoms with Gasteiger partial charge >= 0.3 is 20.0 Å². The molecule has 13 heteroatoms. The van der Waals surface area contributed by atoms with Crippen LogP contribution in [0, 0.1) is 0 Å². The monoisotopic (exact) mass is 370 g/mol. The second-order valence-corrected chi connectivity index (χ2v) is 12.5. The van der Waals surface area contributed by atoms with Gasteiger partial charge in [0.2, 0.25) is 11.7 Å². The second-order valence-electron chi connectivity index (χ2n) is 5.34. The molecule has 1 heterocycles. The standard InChI is InChI=1S/C9H14F7N4PSi/c1-5-20(22(2,3)4)21(16)18-6(8(10,11)12)17-7(19-21)9(13,14)15/h5H2,1-4H3. The molecule has 0 aromatic carbocycles. The quantitative estimate of drug-likeness (QED) is 0.392. The van der Waals surface area contributed by atoms with E-state index in [1.165, 1.54) is 6.92 Å². The molecule has 1 unspecified atom stereocenters. The maximum absolute atomic E-state index is 14.9. The number of nitrogens with zero attached hydrogens (tertiary/aromatic N) is 4. The first-order valence-corrected chi connectivity index (χ1v) is 11.0. The zero-order valence-electron chi connectivity index (χ0n) is 12.1. The smallest absolute Gasteiger partial charge is 0.249 e. The van der Waals surface area contributed by atoms with Crippen LogP contribution in [-0.4, -0.2) is 43.1 Å². The van der Waals surface area contributed by atoms with E-state index in [4.69, 9.17) is 0 Å². The molecule has 0 radical (unpaired) electrons. The first kappa shape index (κ1) is 19.3. The highest BCUT2D eigenvalue weighted by Crippen LogP contribution is 2.61. The van der Waals surface area contributed by atoms with Crippen LogP contribution in [0.4, 0.5) is 30.5 Å². The number of halogens is 7. The summed E-state index contributed by atoms with van der Waals surface area (Å²) in [5.41, 5.74) is 0. The summed E-state index contributed by atoms with van der Waals surface area (Å²) < 4.78 is 97.8. The third kappa shape index (κ3) is 4.16. The molecule has 1 aliphatic heterocycles. The van der Waals surface area contributed by atoms with Crippen LogP contribution in [0.5, 0.6) is 0 Å². The van der Waals surface area contributed by atoms with Crippen molar-refractivity contribution in [1.29, 1.82) is 0 Å². The molecule has 0 aliphatic carbocycles. The zero-order valence-corrected chi connectivity index (χ0v) is 14.0. The predicted octanol–water partition coefficient (Wildman–Crippen LogP) is 4.99. The van der Waals surface area contributed by atoms with Crippen LogP contribution >= 0.6 is 7.67 Å². The number of hydrogen-bond acceptors (Lipinski definition) is 4. The third-order valence-corrected chi connectivity index (χ3v) is 8.76. The average Bonchev–Trinajstić information content (AvgIpc) is 2.23. The highest BCUT2D eigenvalue weighted by molar-refractivity contribution is 7.60. The van der Waals surface area contributed by atoms with E-state index >= 15 is 0 Å². The van der Waals surface area contributed by atoms with Gasteiger partial charge in [-0.2, -0.15) is 40.0 Å². The van der Waals surface area contributed by atoms with Crippen molar-refractivity contribution in [2.24, 2.45) is 14.5 Å². The molecular formula is C9H14F7N4PSi. The Bertz CT molecular complexity index is 543. The molecule has 0 saturated heterocycles. The van der Waals surface area contributed by atoms with Gasteiger partial charge in [0, 0.05) is 0 Å². The van der Waals surface area contributed by atoms with E-state index < -0.39 is 39.9 Å². The van der Waals surface area contributed by atoms with Gasteiger partial charge in [0.25, 0.3) is 0 Å². The fourth-order valence-electron chi connectivity index (χ4n) is 1.79. The molecule has 22 heavy (non-hydrogen) atoms. The van der Waals surface area contributed by atoms with Crippen molar-refractivity contribution >= 4 is 27.6 Å². The van der Waals surface area contributed by atoms with E-state index in [0.717, 1.165) is 4.34 Å². The maximum Gasteiger partial charge on any atom is 0.451 e.